The number of allylic oxidation sites excluding steroid dienone is 1. The molecule has 5 nitrogen and oxygen atoms in total. The highest BCUT2D eigenvalue weighted by Gasteiger charge is 2.19. The van der Waals surface area contributed by atoms with Gasteiger partial charge >= 0.3 is 5.97 Å². The average Bonchev–Trinajstić information content (AvgIpc) is 2.59. The molecule has 0 saturated carbocycles. The molecule has 0 atom stereocenters. The molecule has 1 heterocycles. The van der Waals surface area contributed by atoms with E-state index in [0.29, 0.717) is 23.0 Å². The third-order valence-corrected chi connectivity index (χ3v) is 3.88. The molecule has 1 aromatic carbocycles. The fraction of sp³-hybridized carbons (Fsp3) is 0.471. The molecule has 0 aromatic heterocycles. The first-order chi connectivity index (χ1) is 10.7. The quantitative estimate of drug-likeness (QED) is 0.847. The summed E-state index contributed by atoms with van der Waals surface area (Å²) in [6.07, 6.45) is 6.32. The van der Waals surface area contributed by atoms with Gasteiger partial charge in [-0.3, -0.25) is 0 Å². The van der Waals surface area contributed by atoms with Crippen LogP contribution >= 0.6 is 0 Å². The predicted molar refractivity (Wildman–Crippen MR) is 85.5 cm³/mol. The van der Waals surface area contributed by atoms with Gasteiger partial charge in [0.25, 0.3) is 0 Å². The van der Waals surface area contributed by atoms with E-state index in [1.54, 1.807) is 13.2 Å². The van der Waals surface area contributed by atoms with E-state index in [2.05, 4.69) is 11.4 Å². The lowest BCUT2D eigenvalue weighted by atomic mass is 9.96. The molecule has 1 saturated heterocycles. The molecule has 0 radical (unpaired) electrons. The summed E-state index contributed by atoms with van der Waals surface area (Å²) < 4.78 is 15.5. The van der Waals surface area contributed by atoms with Crippen molar-refractivity contribution in [3.63, 3.8) is 0 Å². The van der Waals surface area contributed by atoms with Crippen LogP contribution < -0.4 is 14.8 Å². The molecule has 120 valence electrons. The number of hydrogen-bond acceptors (Lipinski definition) is 5. The predicted octanol–water partition coefficient (Wildman–Crippen LogP) is 2.50. The average molecular weight is 305 g/mol. The van der Waals surface area contributed by atoms with Gasteiger partial charge in [-0.05, 0) is 43.5 Å². The number of ether oxygens (including phenoxy) is 3. The number of esters is 1. The maximum Gasteiger partial charge on any atom is 0.342 e. The number of carbonyl (C=O) groups is 1. The maximum atomic E-state index is 12.1. The van der Waals surface area contributed by atoms with Gasteiger partial charge in [0, 0.05) is 6.07 Å². The smallest absolute Gasteiger partial charge is 0.342 e. The summed E-state index contributed by atoms with van der Waals surface area (Å²) in [6, 6.07) is 3.51. The number of hydrogen-bond donors (Lipinski definition) is 1. The minimum absolute atomic E-state index is 0.413. The third kappa shape index (κ3) is 3.80. The second-order valence-corrected chi connectivity index (χ2v) is 5.23. The summed E-state index contributed by atoms with van der Waals surface area (Å²) in [5, 5.41) is 3.34. The van der Waals surface area contributed by atoms with Gasteiger partial charge in [-0.25, -0.2) is 4.79 Å². The first-order valence-electron chi connectivity index (χ1n) is 7.42. The van der Waals surface area contributed by atoms with Crippen molar-refractivity contribution in [2.24, 2.45) is 5.92 Å². The first-order valence-corrected chi connectivity index (χ1v) is 7.42. The zero-order valence-electron chi connectivity index (χ0n) is 13.3. The van der Waals surface area contributed by atoms with Crippen molar-refractivity contribution in [3.8, 4) is 11.5 Å². The standard InChI is InChI=1S/C17H23NO4/c1-20-14-10-13(5-4-12-6-8-18-9-7-12)16(17(19)22-3)15(11-14)21-2/h4-5,10-12,18H,6-9H2,1-3H3. The van der Waals surface area contributed by atoms with Gasteiger partial charge in [-0.15, -0.1) is 0 Å². The van der Waals surface area contributed by atoms with Crippen molar-refractivity contribution >= 4 is 12.0 Å². The number of carbonyl (C=O) groups excluding carboxylic acids is 1. The number of rotatable bonds is 5. The molecule has 2 rings (SSSR count). The van der Waals surface area contributed by atoms with E-state index < -0.39 is 5.97 Å². The Balaban J connectivity index is 2.37. The molecule has 22 heavy (non-hydrogen) atoms. The van der Waals surface area contributed by atoms with Gasteiger partial charge in [0.2, 0.25) is 0 Å². The minimum atomic E-state index is -0.413. The Morgan fingerprint density at radius 2 is 1.91 bits per heavy atom. The van der Waals surface area contributed by atoms with Crippen LogP contribution in [0.15, 0.2) is 18.2 Å². The van der Waals surface area contributed by atoms with Crippen LogP contribution in [0, 0.1) is 5.92 Å². The van der Waals surface area contributed by atoms with E-state index in [0.717, 1.165) is 31.5 Å². The second kappa shape index (κ2) is 7.84. The molecule has 5 heteroatoms. The van der Waals surface area contributed by atoms with Crippen LogP contribution in [-0.4, -0.2) is 40.4 Å². The monoisotopic (exact) mass is 305 g/mol. The molecule has 0 unspecified atom stereocenters. The fourth-order valence-electron chi connectivity index (χ4n) is 2.62. The molecule has 0 bridgehead atoms. The van der Waals surface area contributed by atoms with Crippen LogP contribution in [-0.2, 0) is 4.74 Å². The molecule has 1 aliphatic heterocycles. The van der Waals surface area contributed by atoms with E-state index in [-0.39, 0.29) is 0 Å². The molecular formula is C17H23NO4. The highest BCUT2D eigenvalue weighted by molar-refractivity contribution is 5.97. The second-order valence-electron chi connectivity index (χ2n) is 5.23. The molecule has 1 fully saturated rings. The van der Waals surface area contributed by atoms with Crippen molar-refractivity contribution < 1.29 is 19.0 Å². The van der Waals surface area contributed by atoms with E-state index in [1.807, 2.05) is 12.1 Å². The summed E-state index contributed by atoms with van der Waals surface area (Å²) in [6.45, 7) is 2.06. The maximum absolute atomic E-state index is 12.1. The SMILES string of the molecule is COC(=O)c1c(C=CC2CCNCC2)cc(OC)cc1OC. The number of methoxy groups -OCH3 is 3. The van der Waals surface area contributed by atoms with E-state index in [4.69, 9.17) is 14.2 Å². The first kappa shape index (κ1) is 16.4. The Bertz CT molecular complexity index is 548. The van der Waals surface area contributed by atoms with Crippen LogP contribution in [0.25, 0.3) is 6.08 Å². The van der Waals surface area contributed by atoms with Gasteiger partial charge in [-0.1, -0.05) is 12.2 Å². The number of piperidine rings is 1. The van der Waals surface area contributed by atoms with Crippen molar-refractivity contribution in [1.82, 2.24) is 5.32 Å². The van der Waals surface area contributed by atoms with E-state index >= 15 is 0 Å². The van der Waals surface area contributed by atoms with Crippen molar-refractivity contribution in [1.29, 1.82) is 0 Å². The number of nitrogens with one attached hydrogen (secondary N) is 1. The van der Waals surface area contributed by atoms with Gasteiger partial charge in [0.15, 0.2) is 0 Å². The van der Waals surface area contributed by atoms with Crippen LogP contribution in [0.5, 0.6) is 11.5 Å². The Labute approximate surface area is 131 Å². The van der Waals surface area contributed by atoms with Gasteiger partial charge in [-0.2, -0.15) is 0 Å². The number of benzene rings is 1. The fourth-order valence-corrected chi connectivity index (χ4v) is 2.62. The van der Waals surface area contributed by atoms with Crippen molar-refractivity contribution in [2.75, 3.05) is 34.4 Å². The van der Waals surface area contributed by atoms with Crippen LogP contribution in [0.4, 0.5) is 0 Å². The van der Waals surface area contributed by atoms with E-state index in [1.165, 1.54) is 14.2 Å². The van der Waals surface area contributed by atoms with Gasteiger partial charge in [0.05, 0.1) is 21.3 Å². The minimum Gasteiger partial charge on any atom is -0.497 e. The lowest BCUT2D eigenvalue weighted by molar-refractivity contribution is 0.0597. The van der Waals surface area contributed by atoms with Crippen molar-refractivity contribution in [3.05, 3.63) is 29.3 Å². The topological polar surface area (TPSA) is 56.8 Å². The Kier molecular flexibility index (Phi) is 5.83. The van der Waals surface area contributed by atoms with Crippen LogP contribution in [0.2, 0.25) is 0 Å². The molecule has 1 aromatic rings. The Hall–Kier alpha value is -2.01. The summed E-state index contributed by atoms with van der Waals surface area (Å²) in [5.74, 6) is 1.21. The lowest BCUT2D eigenvalue weighted by Gasteiger charge is -2.19. The van der Waals surface area contributed by atoms with Crippen LogP contribution in [0.1, 0.15) is 28.8 Å². The van der Waals surface area contributed by atoms with Crippen molar-refractivity contribution in [2.45, 2.75) is 12.8 Å². The zero-order chi connectivity index (χ0) is 15.9. The summed E-state index contributed by atoms with van der Waals surface area (Å²) in [4.78, 5) is 12.1. The molecule has 1 aliphatic rings. The Morgan fingerprint density at radius 3 is 2.50 bits per heavy atom. The molecule has 0 amide bonds. The normalized spacial score (nSPS) is 15.8. The third-order valence-electron chi connectivity index (χ3n) is 3.88. The largest absolute Gasteiger partial charge is 0.497 e. The summed E-state index contributed by atoms with van der Waals surface area (Å²) >= 11 is 0. The van der Waals surface area contributed by atoms with Gasteiger partial charge in [0.1, 0.15) is 17.1 Å². The van der Waals surface area contributed by atoms with E-state index in [9.17, 15) is 4.79 Å². The summed E-state index contributed by atoms with van der Waals surface area (Å²) in [7, 11) is 4.49. The highest BCUT2D eigenvalue weighted by Crippen LogP contribution is 2.31. The highest BCUT2D eigenvalue weighted by atomic mass is 16.5. The lowest BCUT2D eigenvalue weighted by Crippen LogP contribution is -2.26. The summed E-state index contributed by atoms with van der Waals surface area (Å²) in [5.41, 5.74) is 1.18. The molecule has 0 aliphatic carbocycles. The van der Waals surface area contributed by atoms with Gasteiger partial charge < -0.3 is 19.5 Å². The Morgan fingerprint density at radius 1 is 1.18 bits per heavy atom. The molecule has 0 spiro atoms. The zero-order valence-corrected chi connectivity index (χ0v) is 13.3. The molecular weight excluding hydrogens is 282 g/mol. The van der Waals surface area contributed by atoms with Crippen LogP contribution in [0.3, 0.4) is 0 Å². The molecule has 1 N–H and O–H groups in total.